The molecule has 0 fully saturated rings. The van der Waals surface area contributed by atoms with E-state index in [1.807, 2.05) is 30.3 Å². The summed E-state index contributed by atoms with van der Waals surface area (Å²) in [6, 6.07) is 9.28. The lowest BCUT2D eigenvalue weighted by Crippen LogP contribution is -2.37. The Morgan fingerprint density at radius 1 is 1.45 bits per heavy atom. The van der Waals surface area contributed by atoms with E-state index in [9.17, 15) is 4.79 Å². The van der Waals surface area contributed by atoms with E-state index in [4.69, 9.17) is 5.73 Å². The Balaban J connectivity index is 1.62. The number of hydrogen-bond donors (Lipinski definition) is 2. The molecule has 0 saturated heterocycles. The van der Waals surface area contributed by atoms with Crippen LogP contribution >= 0.6 is 11.3 Å². The molecule has 3 rings (SSSR count). The number of nitrogens with one attached hydrogen (secondary N) is 1. The Kier molecular flexibility index (Phi) is 4.55. The minimum Gasteiger partial charge on any atom is -0.320 e. The van der Waals surface area contributed by atoms with Gasteiger partial charge in [-0.05, 0) is 37.2 Å². The first-order valence-electron chi connectivity index (χ1n) is 7.71. The second kappa shape index (κ2) is 6.58. The zero-order valence-corrected chi connectivity index (χ0v) is 13.5. The summed E-state index contributed by atoms with van der Waals surface area (Å²) < 4.78 is 0. The van der Waals surface area contributed by atoms with Crippen molar-refractivity contribution in [3.8, 4) is 0 Å². The molecule has 1 aromatic heterocycles. The Morgan fingerprint density at radius 2 is 2.23 bits per heavy atom. The topological polar surface area (TPSA) is 68.0 Å². The maximum Gasteiger partial charge on any atom is 0.243 e. The fourth-order valence-electron chi connectivity index (χ4n) is 2.75. The van der Waals surface area contributed by atoms with E-state index in [1.165, 1.54) is 11.3 Å². The average molecular weight is 315 g/mol. The summed E-state index contributed by atoms with van der Waals surface area (Å²) in [7, 11) is 0. The van der Waals surface area contributed by atoms with Gasteiger partial charge in [-0.1, -0.05) is 37.3 Å². The van der Waals surface area contributed by atoms with Crippen molar-refractivity contribution in [1.82, 2.24) is 4.98 Å². The molecule has 1 heterocycles. The lowest BCUT2D eigenvalue weighted by atomic mass is 9.93. The van der Waals surface area contributed by atoms with Crippen molar-refractivity contribution in [1.29, 1.82) is 0 Å². The Morgan fingerprint density at radius 3 is 3.00 bits per heavy atom. The van der Waals surface area contributed by atoms with E-state index < -0.39 is 6.04 Å². The maximum absolute atomic E-state index is 12.2. The van der Waals surface area contributed by atoms with Crippen molar-refractivity contribution in [3.63, 3.8) is 0 Å². The monoisotopic (exact) mass is 315 g/mol. The summed E-state index contributed by atoms with van der Waals surface area (Å²) >= 11 is 1.59. The number of carbonyl (C=O) groups excluding carboxylic acids is 1. The number of rotatable bonds is 4. The number of hydrogen-bond acceptors (Lipinski definition) is 4. The number of aromatic nitrogens is 1. The lowest BCUT2D eigenvalue weighted by molar-refractivity contribution is -0.117. The summed E-state index contributed by atoms with van der Waals surface area (Å²) in [5, 5.41) is 3.57. The number of aryl methyl sites for hydroxylation is 1. The Hall–Kier alpha value is -1.72. The third kappa shape index (κ3) is 3.54. The number of amides is 1. The smallest absolute Gasteiger partial charge is 0.243 e. The predicted molar refractivity (Wildman–Crippen MR) is 90.1 cm³/mol. The SMILES string of the molecule is CC1CCc2nc(NC(=O)C(N)Cc3ccccc3)sc2C1. The van der Waals surface area contributed by atoms with Gasteiger partial charge < -0.3 is 11.1 Å². The van der Waals surface area contributed by atoms with Crippen LogP contribution < -0.4 is 11.1 Å². The molecule has 2 aromatic rings. The molecule has 5 heteroatoms. The second-order valence-electron chi connectivity index (χ2n) is 6.02. The summed E-state index contributed by atoms with van der Waals surface area (Å²) in [4.78, 5) is 18.1. The van der Waals surface area contributed by atoms with Crippen LogP contribution in [0.3, 0.4) is 0 Å². The highest BCUT2D eigenvalue weighted by molar-refractivity contribution is 7.15. The van der Waals surface area contributed by atoms with Crippen molar-refractivity contribution in [2.24, 2.45) is 11.7 Å². The van der Waals surface area contributed by atoms with Gasteiger partial charge in [0.25, 0.3) is 0 Å². The molecule has 1 aliphatic carbocycles. The van der Waals surface area contributed by atoms with E-state index in [0.29, 0.717) is 17.5 Å². The molecule has 4 nitrogen and oxygen atoms in total. The lowest BCUT2D eigenvalue weighted by Gasteiger charge is -2.15. The number of anilines is 1. The van der Waals surface area contributed by atoms with Crippen LogP contribution in [0.25, 0.3) is 0 Å². The van der Waals surface area contributed by atoms with Crippen LogP contribution in [0.5, 0.6) is 0 Å². The molecule has 0 spiro atoms. The highest BCUT2D eigenvalue weighted by Gasteiger charge is 2.21. The average Bonchev–Trinajstić information content (AvgIpc) is 2.89. The standard InChI is InChI=1S/C17H21N3OS/c1-11-7-8-14-15(9-11)22-17(19-14)20-16(21)13(18)10-12-5-3-2-4-6-12/h2-6,11,13H,7-10,18H2,1H3,(H,19,20,21). The Bertz CT molecular complexity index is 653. The molecule has 1 aliphatic rings. The van der Waals surface area contributed by atoms with E-state index in [2.05, 4.69) is 17.2 Å². The van der Waals surface area contributed by atoms with Gasteiger partial charge in [-0.3, -0.25) is 4.79 Å². The predicted octanol–water partition coefficient (Wildman–Crippen LogP) is 2.78. The molecule has 0 bridgehead atoms. The third-order valence-corrected chi connectivity index (χ3v) is 5.09. The van der Waals surface area contributed by atoms with Gasteiger partial charge in [0.2, 0.25) is 5.91 Å². The van der Waals surface area contributed by atoms with Gasteiger partial charge in [0.1, 0.15) is 0 Å². The molecule has 0 radical (unpaired) electrons. The van der Waals surface area contributed by atoms with Crippen molar-refractivity contribution in [3.05, 3.63) is 46.5 Å². The molecule has 0 saturated carbocycles. The normalized spacial score (nSPS) is 18.5. The van der Waals surface area contributed by atoms with Crippen molar-refractivity contribution in [2.75, 3.05) is 5.32 Å². The zero-order valence-electron chi connectivity index (χ0n) is 12.7. The van der Waals surface area contributed by atoms with Gasteiger partial charge in [0.05, 0.1) is 11.7 Å². The van der Waals surface area contributed by atoms with Gasteiger partial charge in [0, 0.05) is 4.88 Å². The minimum atomic E-state index is -0.553. The van der Waals surface area contributed by atoms with Crippen LogP contribution in [0.15, 0.2) is 30.3 Å². The second-order valence-corrected chi connectivity index (χ2v) is 7.11. The van der Waals surface area contributed by atoms with E-state index in [1.54, 1.807) is 11.3 Å². The number of fused-ring (bicyclic) bond motifs is 1. The molecule has 1 aromatic carbocycles. The van der Waals surface area contributed by atoms with E-state index in [0.717, 1.165) is 24.1 Å². The molecule has 3 N–H and O–H groups in total. The molecule has 116 valence electrons. The van der Waals surface area contributed by atoms with Crippen LogP contribution in [0.2, 0.25) is 0 Å². The van der Waals surface area contributed by atoms with Crippen LogP contribution in [-0.4, -0.2) is 16.9 Å². The quantitative estimate of drug-likeness (QED) is 0.911. The molecule has 22 heavy (non-hydrogen) atoms. The molecular weight excluding hydrogens is 294 g/mol. The third-order valence-electron chi connectivity index (χ3n) is 4.05. The number of nitrogens with zero attached hydrogens (tertiary/aromatic N) is 1. The fourth-order valence-corrected chi connectivity index (χ4v) is 3.93. The molecule has 2 atom stereocenters. The summed E-state index contributed by atoms with van der Waals surface area (Å²) in [6.07, 6.45) is 3.80. The zero-order chi connectivity index (χ0) is 15.5. The van der Waals surface area contributed by atoms with Gasteiger partial charge >= 0.3 is 0 Å². The Labute approximate surface area is 134 Å². The van der Waals surface area contributed by atoms with Crippen molar-refractivity contribution >= 4 is 22.4 Å². The van der Waals surface area contributed by atoms with Gasteiger partial charge in [-0.15, -0.1) is 11.3 Å². The largest absolute Gasteiger partial charge is 0.320 e. The number of nitrogens with two attached hydrogens (primary N) is 1. The van der Waals surface area contributed by atoms with Gasteiger partial charge in [-0.25, -0.2) is 4.98 Å². The minimum absolute atomic E-state index is 0.164. The summed E-state index contributed by atoms with van der Waals surface area (Å²) in [5.74, 6) is 0.542. The highest BCUT2D eigenvalue weighted by Crippen LogP contribution is 2.32. The highest BCUT2D eigenvalue weighted by atomic mass is 32.1. The maximum atomic E-state index is 12.2. The number of thiazole rings is 1. The van der Waals surface area contributed by atoms with E-state index in [-0.39, 0.29) is 5.91 Å². The van der Waals surface area contributed by atoms with E-state index >= 15 is 0 Å². The summed E-state index contributed by atoms with van der Waals surface area (Å²) in [5.41, 5.74) is 8.22. The first kappa shape index (κ1) is 15.2. The molecule has 2 unspecified atom stereocenters. The fraction of sp³-hybridized carbons (Fsp3) is 0.412. The molecule has 0 aliphatic heterocycles. The van der Waals surface area contributed by atoms with Crippen LogP contribution in [0, 0.1) is 5.92 Å². The van der Waals surface area contributed by atoms with Crippen LogP contribution in [0.1, 0.15) is 29.5 Å². The molecule has 1 amide bonds. The number of carbonyl (C=O) groups is 1. The van der Waals surface area contributed by atoms with Crippen molar-refractivity contribution < 1.29 is 4.79 Å². The van der Waals surface area contributed by atoms with Gasteiger partial charge in [0.15, 0.2) is 5.13 Å². The van der Waals surface area contributed by atoms with Crippen molar-refractivity contribution in [2.45, 2.75) is 38.6 Å². The van der Waals surface area contributed by atoms with Crippen LogP contribution in [-0.2, 0) is 24.1 Å². The first-order valence-corrected chi connectivity index (χ1v) is 8.52. The number of benzene rings is 1. The summed E-state index contributed by atoms with van der Waals surface area (Å²) in [6.45, 7) is 2.26. The van der Waals surface area contributed by atoms with Gasteiger partial charge in [-0.2, -0.15) is 0 Å². The first-order chi connectivity index (χ1) is 10.6. The molecular formula is C17H21N3OS. The van der Waals surface area contributed by atoms with Crippen LogP contribution in [0.4, 0.5) is 5.13 Å².